The fourth-order valence-corrected chi connectivity index (χ4v) is 3.42. The SMILES string of the molecule is O=C(O)c1ccc(F)cc1S(=O)(=O)N1CCOCC1. The van der Waals surface area contributed by atoms with Gasteiger partial charge in [-0.3, -0.25) is 0 Å². The molecule has 0 aromatic heterocycles. The average molecular weight is 289 g/mol. The first-order valence-electron chi connectivity index (χ1n) is 5.53. The fraction of sp³-hybridized carbons (Fsp3) is 0.364. The lowest BCUT2D eigenvalue weighted by Crippen LogP contribution is -2.41. The second kappa shape index (κ2) is 5.24. The molecule has 1 aliphatic rings. The van der Waals surface area contributed by atoms with Crippen molar-refractivity contribution in [3.05, 3.63) is 29.6 Å². The van der Waals surface area contributed by atoms with E-state index >= 15 is 0 Å². The van der Waals surface area contributed by atoms with Crippen LogP contribution in [0.15, 0.2) is 23.1 Å². The molecule has 0 aliphatic carbocycles. The zero-order valence-electron chi connectivity index (χ0n) is 9.87. The second-order valence-electron chi connectivity index (χ2n) is 3.96. The highest BCUT2D eigenvalue weighted by molar-refractivity contribution is 7.89. The van der Waals surface area contributed by atoms with E-state index in [1.54, 1.807) is 0 Å². The predicted octanol–water partition coefficient (Wildman–Crippen LogP) is 0.545. The summed E-state index contributed by atoms with van der Waals surface area (Å²) in [5, 5.41) is 8.99. The van der Waals surface area contributed by atoms with E-state index < -0.39 is 32.3 Å². The van der Waals surface area contributed by atoms with E-state index in [0.29, 0.717) is 0 Å². The Bertz CT molecular complexity index is 595. The van der Waals surface area contributed by atoms with Crippen LogP contribution < -0.4 is 0 Å². The van der Waals surface area contributed by atoms with E-state index in [9.17, 15) is 17.6 Å². The van der Waals surface area contributed by atoms with Gasteiger partial charge in [0.05, 0.1) is 23.7 Å². The van der Waals surface area contributed by atoms with Crippen molar-refractivity contribution < 1.29 is 27.4 Å². The molecule has 1 aliphatic heterocycles. The van der Waals surface area contributed by atoms with E-state index in [0.717, 1.165) is 22.5 Å². The summed E-state index contributed by atoms with van der Waals surface area (Å²) < 4.78 is 43.9. The lowest BCUT2D eigenvalue weighted by molar-refractivity contribution is 0.0688. The number of halogens is 1. The van der Waals surface area contributed by atoms with E-state index in [4.69, 9.17) is 9.84 Å². The van der Waals surface area contributed by atoms with Crippen LogP contribution in [-0.2, 0) is 14.8 Å². The number of rotatable bonds is 3. The zero-order valence-corrected chi connectivity index (χ0v) is 10.7. The van der Waals surface area contributed by atoms with Gasteiger partial charge < -0.3 is 9.84 Å². The van der Waals surface area contributed by atoms with Crippen molar-refractivity contribution in [2.75, 3.05) is 26.3 Å². The van der Waals surface area contributed by atoms with Gasteiger partial charge in [-0.15, -0.1) is 0 Å². The highest BCUT2D eigenvalue weighted by Crippen LogP contribution is 2.22. The number of carboxylic acids is 1. The van der Waals surface area contributed by atoms with E-state index in [1.165, 1.54) is 0 Å². The van der Waals surface area contributed by atoms with Crippen molar-refractivity contribution in [3.8, 4) is 0 Å². The Morgan fingerprint density at radius 2 is 1.95 bits per heavy atom. The third-order valence-corrected chi connectivity index (χ3v) is 4.70. The van der Waals surface area contributed by atoms with Gasteiger partial charge in [0, 0.05) is 13.1 Å². The molecule has 1 fully saturated rings. The summed E-state index contributed by atoms with van der Waals surface area (Å²) in [6, 6.07) is 2.60. The summed E-state index contributed by atoms with van der Waals surface area (Å²) in [6.07, 6.45) is 0. The van der Waals surface area contributed by atoms with Crippen molar-refractivity contribution in [1.82, 2.24) is 4.31 Å². The molecule has 8 heteroatoms. The molecule has 19 heavy (non-hydrogen) atoms. The minimum Gasteiger partial charge on any atom is -0.478 e. The number of hydrogen-bond donors (Lipinski definition) is 1. The Morgan fingerprint density at radius 1 is 1.32 bits per heavy atom. The number of carbonyl (C=O) groups is 1. The van der Waals surface area contributed by atoms with Crippen LogP contribution >= 0.6 is 0 Å². The molecule has 1 saturated heterocycles. The molecular weight excluding hydrogens is 277 g/mol. The fourth-order valence-electron chi connectivity index (χ4n) is 1.81. The minimum atomic E-state index is -4.03. The molecule has 104 valence electrons. The lowest BCUT2D eigenvalue weighted by Gasteiger charge is -2.26. The standard InChI is InChI=1S/C11H12FNO5S/c12-8-1-2-9(11(14)15)10(7-8)19(16,17)13-3-5-18-6-4-13/h1-2,7H,3-6H2,(H,14,15). The minimum absolute atomic E-state index is 0.123. The summed E-state index contributed by atoms with van der Waals surface area (Å²) in [4.78, 5) is 10.5. The normalized spacial score (nSPS) is 17.3. The van der Waals surface area contributed by atoms with Crippen LogP contribution in [0, 0.1) is 5.82 Å². The summed E-state index contributed by atoms with van der Waals surface area (Å²) in [5.74, 6) is -2.20. The molecule has 1 N–H and O–H groups in total. The van der Waals surface area contributed by atoms with Crippen LogP contribution in [0.5, 0.6) is 0 Å². The summed E-state index contributed by atoms with van der Waals surface area (Å²) in [5.41, 5.74) is -0.437. The second-order valence-corrected chi connectivity index (χ2v) is 5.87. The smallest absolute Gasteiger partial charge is 0.337 e. The van der Waals surface area contributed by atoms with Crippen LogP contribution in [0.3, 0.4) is 0 Å². The van der Waals surface area contributed by atoms with Gasteiger partial charge >= 0.3 is 5.97 Å². The van der Waals surface area contributed by atoms with Gasteiger partial charge in [0.25, 0.3) is 0 Å². The van der Waals surface area contributed by atoms with Gasteiger partial charge in [-0.05, 0) is 18.2 Å². The Kier molecular flexibility index (Phi) is 3.83. The Morgan fingerprint density at radius 3 is 2.53 bits per heavy atom. The molecule has 0 unspecified atom stereocenters. The third-order valence-electron chi connectivity index (χ3n) is 2.76. The molecule has 0 saturated carbocycles. The number of carboxylic acid groups (broad SMARTS) is 1. The maximum absolute atomic E-state index is 13.2. The van der Waals surface area contributed by atoms with E-state index in [1.807, 2.05) is 0 Å². The maximum atomic E-state index is 13.2. The molecule has 1 aromatic rings. The molecule has 6 nitrogen and oxygen atoms in total. The number of ether oxygens (including phenoxy) is 1. The van der Waals surface area contributed by atoms with Gasteiger partial charge in [0.2, 0.25) is 10.0 Å². The molecule has 1 aromatic carbocycles. The predicted molar refractivity (Wildman–Crippen MR) is 62.9 cm³/mol. The zero-order chi connectivity index (χ0) is 14.0. The number of morpholine rings is 1. The van der Waals surface area contributed by atoms with Crippen LogP contribution in [0.2, 0.25) is 0 Å². The first-order valence-corrected chi connectivity index (χ1v) is 6.97. The van der Waals surface area contributed by atoms with Crippen LogP contribution in [0.4, 0.5) is 4.39 Å². The van der Waals surface area contributed by atoms with Crippen LogP contribution in [-0.4, -0.2) is 50.1 Å². The number of aromatic carboxylic acids is 1. The number of benzene rings is 1. The van der Waals surface area contributed by atoms with Gasteiger partial charge in [0.1, 0.15) is 5.82 Å². The van der Waals surface area contributed by atoms with E-state index in [-0.39, 0.29) is 26.3 Å². The van der Waals surface area contributed by atoms with Crippen molar-refractivity contribution in [2.24, 2.45) is 0 Å². The number of nitrogens with zero attached hydrogens (tertiary/aromatic N) is 1. The highest BCUT2D eigenvalue weighted by Gasteiger charge is 2.30. The van der Waals surface area contributed by atoms with Crippen LogP contribution in [0.25, 0.3) is 0 Å². The monoisotopic (exact) mass is 289 g/mol. The third kappa shape index (κ3) is 2.75. The Hall–Kier alpha value is -1.51. The van der Waals surface area contributed by atoms with Crippen molar-refractivity contribution in [1.29, 1.82) is 0 Å². The summed E-state index contributed by atoms with van der Waals surface area (Å²) >= 11 is 0. The summed E-state index contributed by atoms with van der Waals surface area (Å²) in [6.45, 7) is 0.712. The first kappa shape index (κ1) is 13.9. The van der Waals surface area contributed by atoms with Gasteiger partial charge in [-0.1, -0.05) is 0 Å². The largest absolute Gasteiger partial charge is 0.478 e. The summed E-state index contributed by atoms with van der Waals surface area (Å²) in [7, 11) is -4.03. The molecule has 0 atom stereocenters. The van der Waals surface area contributed by atoms with Crippen molar-refractivity contribution in [3.63, 3.8) is 0 Å². The average Bonchev–Trinajstić information content (AvgIpc) is 2.39. The Labute approximate surface area is 109 Å². The number of hydrogen-bond acceptors (Lipinski definition) is 4. The topological polar surface area (TPSA) is 83.9 Å². The molecule has 0 bridgehead atoms. The molecule has 1 heterocycles. The maximum Gasteiger partial charge on any atom is 0.337 e. The van der Waals surface area contributed by atoms with Gasteiger partial charge in [0.15, 0.2) is 0 Å². The van der Waals surface area contributed by atoms with Gasteiger partial charge in [-0.25, -0.2) is 17.6 Å². The van der Waals surface area contributed by atoms with Gasteiger partial charge in [-0.2, -0.15) is 4.31 Å². The molecule has 2 rings (SSSR count). The highest BCUT2D eigenvalue weighted by atomic mass is 32.2. The lowest BCUT2D eigenvalue weighted by atomic mass is 10.2. The van der Waals surface area contributed by atoms with Crippen molar-refractivity contribution in [2.45, 2.75) is 4.90 Å². The van der Waals surface area contributed by atoms with E-state index in [2.05, 4.69) is 0 Å². The van der Waals surface area contributed by atoms with Crippen molar-refractivity contribution >= 4 is 16.0 Å². The number of sulfonamides is 1. The quantitative estimate of drug-likeness (QED) is 0.878. The first-order chi connectivity index (χ1) is 8.93. The molecule has 0 radical (unpaired) electrons. The Balaban J connectivity index is 2.49. The molecule has 0 amide bonds. The molecule has 0 spiro atoms. The molecular formula is C11H12FNO5S. The van der Waals surface area contributed by atoms with Crippen LogP contribution in [0.1, 0.15) is 10.4 Å².